The van der Waals surface area contributed by atoms with Gasteiger partial charge < -0.3 is 20.5 Å². The summed E-state index contributed by atoms with van der Waals surface area (Å²) in [5, 5.41) is 15.1. The summed E-state index contributed by atoms with van der Waals surface area (Å²) in [4.78, 5) is 43.5. The summed E-state index contributed by atoms with van der Waals surface area (Å²) in [6.07, 6.45) is 0.566. The molecular weight excluding hydrogens is 540 g/mol. The Labute approximate surface area is 241 Å². The minimum atomic E-state index is -1.07. The number of alkyl carbamates (subject to hydrolysis) is 1. The van der Waals surface area contributed by atoms with Crippen LogP contribution in [0.3, 0.4) is 0 Å². The summed E-state index contributed by atoms with van der Waals surface area (Å²) in [7, 11) is 1.87. The van der Waals surface area contributed by atoms with Crippen molar-refractivity contribution in [1.29, 1.82) is 0 Å². The number of carbonyl (C=O) groups excluding carboxylic acids is 2. The molecule has 3 N–H and O–H groups in total. The van der Waals surface area contributed by atoms with Gasteiger partial charge in [-0.05, 0) is 34.9 Å². The van der Waals surface area contributed by atoms with Crippen molar-refractivity contribution in [3.63, 3.8) is 0 Å². The quantitative estimate of drug-likeness (QED) is 0.243. The van der Waals surface area contributed by atoms with Crippen molar-refractivity contribution in [2.45, 2.75) is 25.0 Å². The summed E-state index contributed by atoms with van der Waals surface area (Å²) < 4.78 is 5.69. The molecule has 0 radical (unpaired) electrons. The number of benzene rings is 3. The molecule has 3 aromatic carbocycles. The van der Waals surface area contributed by atoms with Crippen LogP contribution in [-0.4, -0.2) is 59.2 Å². The van der Waals surface area contributed by atoms with E-state index >= 15 is 0 Å². The van der Waals surface area contributed by atoms with Crippen molar-refractivity contribution >= 4 is 29.3 Å². The van der Waals surface area contributed by atoms with Gasteiger partial charge in [-0.2, -0.15) is 0 Å². The zero-order chi connectivity index (χ0) is 28.8. The molecule has 0 fully saturated rings. The fraction of sp³-hybridized carbons (Fsp3) is 0.226. The average molecular weight is 571 g/mol. The molecule has 10 heteroatoms. The lowest BCUT2D eigenvalue weighted by molar-refractivity contribution is -0.123. The van der Waals surface area contributed by atoms with Crippen LogP contribution in [0.15, 0.2) is 85.1 Å². The molecular formula is C31H30N4O5S. The Morgan fingerprint density at radius 3 is 2.24 bits per heavy atom. The third kappa shape index (κ3) is 6.79. The van der Waals surface area contributed by atoms with Crippen molar-refractivity contribution in [3.8, 4) is 11.1 Å². The number of carbonyl (C=O) groups is 3. The molecule has 1 heterocycles. The van der Waals surface area contributed by atoms with Gasteiger partial charge >= 0.3 is 12.1 Å². The Hall–Kier alpha value is -4.54. The lowest BCUT2D eigenvalue weighted by Crippen LogP contribution is -2.52. The number of nitrogens with one attached hydrogen (secondary N) is 2. The largest absolute Gasteiger partial charge is 0.477 e. The van der Waals surface area contributed by atoms with Crippen LogP contribution in [0.4, 0.5) is 4.79 Å². The highest BCUT2D eigenvalue weighted by Gasteiger charge is 2.30. The number of aromatic nitrogens is 1. The summed E-state index contributed by atoms with van der Waals surface area (Å²) in [5.41, 5.74) is 5.53. The number of nitrogens with zero attached hydrogens (tertiary/aromatic N) is 2. The van der Waals surface area contributed by atoms with Gasteiger partial charge in [-0.3, -0.25) is 9.69 Å². The molecule has 0 saturated carbocycles. The van der Waals surface area contributed by atoms with Gasteiger partial charge in [0.1, 0.15) is 22.5 Å². The minimum absolute atomic E-state index is 0.0437. The number of ether oxygens (including phenoxy) is 1. The highest BCUT2D eigenvalue weighted by Crippen LogP contribution is 2.44. The second kappa shape index (κ2) is 12.8. The van der Waals surface area contributed by atoms with E-state index in [-0.39, 0.29) is 30.5 Å². The third-order valence-electron chi connectivity index (χ3n) is 6.92. The molecule has 1 atom stereocenters. The van der Waals surface area contributed by atoms with E-state index in [1.54, 1.807) is 0 Å². The smallest absolute Gasteiger partial charge is 0.407 e. The van der Waals surface area contributed by atoms with Crippen LogP contribution in [-0.2, 0) is 22.6 Å². The summed E-state index contributed by atoms with van der Waals surface area (Å²) in [5.74, 6) is -1.60. The monoisotopic (exact) mass is 570 g/mol. The van der Waals surface area contributed by atoms with E-state index in [0.29, 0.717) is 11.6 Å². The highest BCUT2D eigenvalue weighted by molar-refractivity contribution is 7.13. The zero-order valence-corrected chi connectivity index (χ0v) is 23.3. The van der Waals surface area contributed by atoms with E-state index in [2.05, 4.69) is 27.8 Å². The Kier molecular flexibility index (Phi) is 8.71. The van der Waals surface area contributed by atoms with Crippen molar-refractivity contribution in [1.82, 2.24) is 20.5 Å². The maximum Gasteiger partial charge on any atom is 0.407 e. The molecule has 1 aliphatic carbocycles. The van der Waals surface area contributed by atoms with Crippen LogP contribution >= 0.6 is 11.3 Å². The molecule has 5 rings (SSSR count). The van der Waals surface area contributed by atoms with E-state index < -0.39 is 24.0 Å². The zero-order valence-electron chi connectivity index (χ0n) is 22.4. The number of amides is 2. The maximum absolute atomic E-state index is 13.2. The maximum atomic E-state index is 13.2. The van der Waals surface area contributed by atoms with E-state index in [0.717, 1.165) is 39.2 Å². The molecule has 0 spiro atoms. The van der Waals surface area contributed by atoms with Crippen LogP contribution in [0.2, 0.25) is 0 Å². The van der Waals surface area contributed by atoms with Gasteiger partial charge in [0.05, 0.1) is 12.7 Å². The first-order chi connectivity index (χ1) is 19.9. The Morgan fingerprint density at radius 2 is 1.61 bits per heavy atom. The number of thiazole rings is 1. The highest BCUT2D eigenvalue weighted by atomic mass is 32.1. The topological polar surface area (TPSA) is 121 Å². The van der Waals surface area contributed by atoms with Crippen LogP contribution < -0.4 is 10.6 Å². The first-order valence-corrected chi connectivity index (χ1v) is 14.0. The van der Waals surface area contributed by atoms with Gasteiger partial charge in [-0.15, -0.1) is 11.3 Å². The van der Waals surface area contributed by atoms with E-state index in [1.165, 1.54) is 6.20 Å². The molecule has 4 aromatic rings. The van der Waals surface area contributed by atoms with Crippen LogP contribution in [0.25, 0.3) is 11.1 Å². The predicted molar refractivity (Wildman–Crippen MR) is 156 cm³/mol. The van der Waals surface area contributed by atoms with E-state index in [4.69, 9.17) is 9.84 Å². The number of likely N-dealkylation sites (N-methyl/N-ethyl adjacent to an activating group) is 1. The standard InChI is InChI=1S/C31H30N4O5S/c1-35(17-20-9-3-2-4-10-20)18-26(29(36)33-16-28-32-15-27(41-28)30(37)38)34-31(39)40-19-25-23-13-7-5-11-21(23)22-12-6-8-14-24(22)25/h2-15,25-26H,16-19H2,1H3,(H,33,36)(H,34,39)(H,37,38). The van der Waals surface area contributed by atoms with Crippen LogP contribution in [0.5, 0.6) is 0 Å². The fourth-order valence-corrected chi connectivity index (χ4v) is 5.72. The Bertz CT molecular complexity index is 1490. The molecule has 1 aliphatic rings. The minimum Gasteiger partial charge on any atom is -0.477 e. The fourth-order valence-electron chi connectivity index (χ4n) is 5.02. The SMILES string of the molecule is CN(Cc1ccccc1)CC(NC(=O)OCC1c2ccccc2-c2ccccc21)C(=O)NCc1ncc(C(=O)O)s1. The molecule has 41 heavy (non-hydrogen) atoms. The van der Waals surface area contributed by atoms with Crippen LogP contribution in [0, 0.1) is 0 Å². The molecule has 0 saturated heterocycles. The number of carboxylic acids is 1. The van der Waals surface area contributed by atoms with Crippen molar-refractivity contribution < 1.29 is 24.2 Å². The average Bonchev–Trinajstić information content (AvgIpc) is 3.58. The molecule has 210 valence electrons. The first-order valence-electron chi connectivity index (χ1n) is 13.2. The summed E-state index contributed by atoms with van der Waals surface area (Å²) >= 11 is 0.988. The van der Waals surface area contributed by atoms with Gasteiger partial charge in [0, 0.05) is 19.0 Å². The van der Waals surface area contributed by atoms with Crippen LogP contribution in [0.1, 0.15) is 37.3 Å². The number of aromatic carboxylic acids is 1. The van der Waals surface area contributed by atoms with Gasteiger partial charge in [0.15, 0.2) is 0 Å². The predicted octanol–water partition coefficient (Wildman–Crippen LogP) is 4.50. The molecule has 0 bridgehead atoms. The third-order valence-corrected chi connectivity index (χ3v) is 7.91. The van der Waals surface area contributed by atoms with Crippen molar-refractivity contribution in [3.05, 3.63) is 112 Å². The molecule has 0 aliphatic heterocycles. The molecule has 9 nitrogen and oxygen atoms in total. The molecule has 1 unspecified atom stereocenters. The van der Waals surface area contributed by atoms with Crippen molar-refractivity contribution in [2.75, 3.05) is 20.2 Å². The number of hydrogen-bond donors (Lipinski definition) is 3. The van der Waals surface area contributed by atoms with E-state index in [1.807, 2.05) is 78.7 Å². The normalized spacial score (nSPS) is 12.8. The molecule has 2 amide bonds. The number of hydrogen-bond acceptors (Lipinski definition) is 7. The number of fused-ring (bicyclic) bond motifs is 3. The lowest BCUT2D eigenvalue weighted by Gasteiger charge is -2.24. The lowest BCUT2D eigenvalue weighted by atomic mass is 9.98. The van der Waals surface area contributed by atoms with E-state index in [9.17, 15) is 14.4 Å². The van der Waals surface area contributed by atoms with Crippen molar-refractivity contribution in [2.24, 2.45) is 0 Å². The summed E-state index contributed by atoms with van der Waals surface area (Å²) in [6.45, 7) is 0.974. The number of carboxylic acid groups (broad SMARTS) is 1. The van der Waals surface area contributed by atoms with Gasteiger partial charge in [0.25, 0.3) is 0 Å². The Balaban J connectivity index is 1.24. The second-order valence-corrected chi connectivity index (χ2v) is 11.0. The number of rotatable bonds is 11. The van der Waals surface area contributed by atoms with Gasteiger partial charge in [-0.1, -0.05) is 78.9 Å². The summed E-state index contributed by atoms with van der Waals surface area (Å²) in [6, 6.07) is 25.1. The second-order valence-electron chi connectivity index (χ2n) is 9.85. The first kappa shape index (κ1) is 28.0. The van der Waals surface area contributed by atoms with Gasteiger partial charge in [-0.25, -0.2) is 14.6 Å². The molecule has 1 aromatic heterocycles. The van der Waals surface area contributed by atoms with Gasteiger partial charge in [0.2, 0.25) is 5.91 Å². The Morgan fingerprint density at radius 1 is 0.976 bits per heavy atom.